The highest BCUT2D eigenvalue weighted by atomic mass is 32.1. The monoisotopic (exact) mass is 308 g/mol. The van der Waals surface area contributed by atoms with E-state index < -0.39 is 5.54 Å². The average Bonchev–Trinajstić information content (AvgIpc) is 2.71. The van der Waals surface area contributed by atoms with E-state index in [0.717, 1.165) is 31.4 Å². The quantitative estimate of drug-likeness (QED) is 0.840. The summed E-state index contributed by atoms with van der Waals surface area (Å²) < 4.78 is 1.65. The number of rotatable bonds is 3. The number of carbonyl (C=O) groups is 1. The summed E-state index contributed by atoms with van der Waals surface area (Å²) in [7, 11) is 1.81. The number of hydrogen-bond acceptors (Lipinski definition) is 3. The number of nitrogens with two attached hydrogens (primary N) is 1. The van der Waals surface area contributed by atoms with Crippen LogP contribution in [0.25, 0.3) is 0 Å². The molecule has 1 saturated carbocycles. The zero-order chi connectivity index (χ0) is 15.5. The minimum atomic E-state index is -0.547. The van der Waals surface area contributed by atoms with Crippen LogP contribution in [0.15, 0.2) is 6.20 Å². The molecular formula is C15H24N4OS. The van der Waals surface area contributed by atoms with Gasteiger partial charge >= 0.3 is 0 Å². The zero-order valence-corrected chi connectivity index (χ0v) is 13.6. The second kappa shape index (κ2) is 6.56. The van der Waals surface area contributed by atoms with Crippen molar-refractivity contribution in [1.29, 1.82) is 0 Å². The molecule has 1 aromatic heterocycles. The van der Waals surface area contributed by atoms with Crippen LogP contribution < -0.4 is 11.1 Å². The van der Waals surface area contributed by atoms with E-state index in [1.165, 1.54) is 19.3 Å². The molecule has 1 aliphatic rings. The van der Waals surface area contributed by atoms with Gasteiger partial charge in [0.1, 0.15) is 0 Å². The van der Waals surface area contributed by atoms with Crippen LogP contribution in [0, 0.1) is 6.92 Å². The lowest BCUT2D eigenvalue weighted by Crippen LogP contribution is -2.57. The SMILES string of the molecule is Cc1nn(C)cc1C(=O)NC1(C(N)=S)CCCCCCC1. The number of carbonyl (C=O) groups excluding carboxylic acids is 1. The highest BCUT2D eigenvalue weighted by Crippen LogP contribution is 2.27. The van der Waals surface area contributed by atoms with Crippen molar-refractivity contribution in [3.63, 3.8) is 0 Å². The molecule has 2 rings (SSSR count). The van der Waals surface area contributed by atoms with E-state index in [9.17, 15) is 4.79 Å². The molecule has 1 heterocycles. The molecule has 1 amide bonds. The molecule has 3 N–H and O–H groups in total. The molecule has 0 atom stereocenters. The fourth-order valence-electron chi connectivity index (χ4n) is 3.05. The van der Waals surface area contributed by atoms with Crippen LogP contribution in [0.5, 0.6) is 0 Å². The van der Waals surface area contributed by atoms with Gasteiger partial charge in [0.25, 0.3) is 5.91 Å². The Morgan fingerprint density at radius 1 is 1.33 bits per heavy atom. The minimum absolute atomic E-state index is 0.131. The molecular weight excluding hydrogens is 284 g/mol. The van der Waals surface area contributed by atoms with Crippen molar-refractivity contribution in [2.24, 2.45) is 12.8 Å². The van der Waals surface area contributed by atoms with Gasteiger partial charge in [-0.25, -0.2) is 0 Å². The molecule has 21 heavy (non-hydrogen) atoms. The number of nitrogens with zero attached hydrogens (tertiary/aromatic N) is 2. The third kappa shape index (κ3) is 3.61. The van der Waals surface area contributed by atoms with Crippen molar-refractivity contribution >= 4 is 23.1 Å². The normalized spacial score (nSPS) is 18.6. The Bertz CT molecular complexity index is 530. The molecule has 0 aromatic carbocycles. The summed E-state index contributed by atoms with van der Waals surface area (Å²) in [6.07, 6.45) is 9.08. The molecule has 1 aliphatic carbocycles. The Hall–Kier alpha value is -1.43. The average molecular weight is 308 g/mol. The Labute approximate surface area is 131 Å². The fourth-order valence-corrected chi connectivity index (χ4v) is 3.30. The van der Waals surface area contributed by atoms with E-state index in [1.807, 2.05) is 14.0 Å². The first-order valence-electron chi connectivity index (χ1n) is 7.57. The second-order valence-electron chi connectivity index (χ2n) is 5.97. The first-order chi connectivity index (χ1) is 9.94. The van der Waals surface area contributed by atoms with E-state index in [2.05, 4.69) is 10.4 Å². The molecule has 116 valence electrons. The number of nitrogens with one attached hydrogen (secondary N) is 1. The van der Waals surface area contributed by atoms with Gasteiger partial charge in [-0.3, -0.25) is 9.48 Å². The van der Waals surface area contributed by atoms with Crippen LogP contribution >= 0.6 is 12.2 Å². The number of aryl methyl sites for hydroxylation is 2. The van der Waals surface area contributed by atoms with Gasteiger partial charge in [0.2, 0.25) is 0 Å². The molecule has 6 heteroatoms. The third-order valence-electron chi connectivity index (χ3n) is 4.29. The summed E-state index contributed by atoms with van der Waals surface area (Å²) in [5.41, 5.74) is 6.76. The molecule has 0 saturated heterocycles. The Morgan fingerprint density at radius 2 is 1.90 bits per heavy atom. The molecule has 5 nitrogen and oxygen atoms in total. The van der Waals surface area contributed by atoms with Gasteiger partial charge in [0.15, 0.2) is 0 Å². The Morgan fingerprint density at radius 3 is 2.38 bits per heavy atom. The topological polar surface area (TPSA) is 72.9 Å². The molecule has 1 aromatic rings. The summed E-state index contributed by atoms with van der Waals surface area (Å²) in [6, 6.07) is 0. The van der Waals surface area contributed by atoms with E-state index in [1.54, 1.807) is 10.9 Å². The van der Waals surface area contributed by atoms with Gasteiger partial charge in [-0.2, -0.15) is 5.10 Å². The maximum Gasteiger partial charge on any atom is 0.255 e. The first kappa shape index (κ1) is 15.9. The molecule has 0 bridgehead atoms. The van der Waals surface area contributed by atoms with Crippen LogP contribution in [-0.2, 0) is 7.05 Å². The van der Waals surface area contributed by atoms with Gasteiger partial charge in [-0.15, -0.1) is 0 Å². The highest BCUT2D eigenvalue weighted by Gasteiger charge is 2.35. The molecule has 0 spiro atoms. The molecule has 1 fully saturated rings. The number of thiocarbonyl (C=S) groups is 1. The van der Waals surface area contributed by atoms with Crippen LogP contribution in [0.1, 0.15) is 61.0 Å². The predicted molar refractivity (Wildman–Crippen MR) is 87.2 cm³/mol. The maximum atomic E-state index is 12.6. The van der Waals surface area contributed by atoms with Crippen molar-refractivity contribution in [3.8, 4) is 0 Å². The Balaban J connectivity index is 2.20. The molecule has 0 radical (unpaired) electrons. The summed E-state index contributed by atoms with van der Waals surface area (Å²) in [6.45, 7) is 1.83. The molecule has 0 unspecified atom stereocenters. The summed E-state index contributed by atoms with van der Waals surface area (Å²) >= 11 is 5.28. The van der Waals surface area contributed by atoms with Crippen molar-refractivity contribution in [1.82, 2.24) is 15.1 Å². The smallest absolute Gasteiger partial charge is 0.255 e. The molecule has 0 aliphatic heterocycles. The lowest BCUT2D eigenvalue weighted by atomic mass is 9.83. The lowest BCUT2D eigenvalue weighted by molar-refractivity contribution is 0.0912. The van der Waals surface area contributed by atoms with E-state index in [-0.39, 0.29) is 5.91 Å². The summed E-state index contributed by atoms with van der Waals surface area (Å²) in [5, 5.41) is 7.33. The van der Waals surface area contributed by atoms with Crippen LogP contribution in [0.2, 0.25) is 0 Å². The summed E-state index contributed by atoms with van der Waals surface area (Å²) in [5.74, 6) is -0.131. The van der Waals surface area contributed by atoms with Crippen LogP contribution in [0.4, 0.5) is 0 Å². The van der Waals surface area contributed by atoms with Crippen molar-refractivity contribution < 1.29 is 4.79 Å². The highest BCUT2D eigenvalue weighted by molar-refractivity contribution is 7.80. The largest absolute Gasteiger partial charge is 0.391 e. The van der Waals surface area contributed by atoms with E-state index >= 15 is 0 Å². The standard InChI is InChI=1S/C15H24N4OS/c1-11-12(10-19(2)18-11)13(20)17-15(14(16)21)8-6-4-3-5-7-9-15/h10H,3-9H2,1-2H3,(H2,16,21)(H,17,20). The number of hydrogen-bond donors (Lipinski definition) is 2. The van der Waals surface area contributed by atoms with Crippen molar-refractivity contribution in [2.45, 2.75) is 57.4 Å². The zero-order valence-electron chi connectivity index (χ0n) is 12.8. The Kier molecular flexibility index (Phi) is 4.98. The van der Waals surface area contributed by atoms with Crippen LogP contribution in [-0.4, -0.2) is 26.2 Å². The third-order valence-corrected chi connectivity index (χ3v) is 4.68. The second-order valence-corrected chi connectivity index (χ2v) is 6.41. The van der Waals surface area contributed by atoms with Crippen molar-refractivity contribution in [3.05, 3.63) is 17.5 Å². The number of amides is 1. The lowest BCUT2D eigenvalue weighted by Gasteiger charge is -2.35. The van der Waals surface area contributed by atoms with Crippen molar-refractivity contribution in [2.75, 3.05) is 0 Å². The predicted octanol–water partition coefficient (Wildman–Crippen LogP) is 2.23. The minimum Gasteiger partial charge on any atom is -0.391 e. The van der Waals surface area contributed by atoms with Gasteiger partial charge in [-0.05, 0) is 19.8 Å². The van der Waals surface area contributed by atoms with E-state index in [4.69, 9.17) is 18.0 Å². The van der Waals surface area contributed by atoms with E-state index in [0.29, 0.717) is 10.6 Å². The maximum absolute atomic E-state index is 12.6. The summed E-state index contributed by atoms with van der Waals surface area (Å²) in [4.78, 5) is 13.0. The van der Waals surface area contributed by atoms with Gasteiger partial charge in [-0.1, -0.05) is 44.3 Å². The number of aromatic nitrogens is 2. The van der Waals surface area contributed by atoms with Crippen LogP contribution in [0.3, 0.4) is 0 Å². The first-order valence-corrected chi connectivity index (χ1v) is 7.98. The van der Waals surface area contributed by atoms with Gasteiger partial charge < -0.3 is 11.1 Å². The fraction of sp³-hybridized carbons (Fsp3) is 0.667. The van der Waals surface area contributed by atoms with Gasteiger partial charge in [0.05, 0.1) is 21.8 Å². The van der Waals surface area contributed by atoms with Gasteiger partial charge in [0, 0.05) is 13.2 Å².